The van der Waals surface area contributed by atoms with Gasteiger partial charge in [-0.1, -0.05) is 52.0 Å². The molecule has 12 heteroatoms. The zero-order valence-electron chi connectivity index (χ0n) is 27.0. The van der Waals surface area contributed by atoms with Crippen LogP contribution in [0.1, 0.15) is 75.3 Å². The van der Waals surface area contributed by atoms with Crippen molar-refractivity contribution in [3.8, 4) is 0 Å². The third-order valence-corrected chi connectivity index (χ3v) is 9.24. The van der Waals surface area contributed by atoms with Gasteiger partial charge in [-0.3, -0.25) is 23.9 Å². The molecule has 4 rings (SSSR count). The van der Waals surface area contributed by atoms with Gasteiger partial charge in [-0.05, 0) is 49.6 Å². The van der Waals surface area contributed by atoms with Crippen molar-refractivity contribution in [3.63, 3.8) is 0 Å². The Morgan fingerprint density at radius 1 is 1.00 bits per heavy atom. The summed E-state index contributed by atoms with van der Waals surface area (Å²) in [7, 11) is 2.00. The van der Waals surface area contributed by atoms with E-state index in [1.807, 2.05) is 20.9 Å². The van der Waals surface area contributed by atoms with Crippen LogP contribution in [0.15, 0.2) is 30.5 Å². The molecular weight excluding hydrogens is 577 g/mol. The van der Waals surface area contributed by atoms with Crippen molar-refractivity contribution >= 4 is 29.3 Å². The number of carbonyl (C=O) groups excluding carboxylic acids is 4. The van der Waals surface area contributed by atoms with Crippen molar-refractivity contribution in [2.45, 2.75) is 84.3 Å². The van der Waals surface area contributed by atoms with Gasteiger partial charge in [0.05, 0.1) is 5.69 Å². The van der Waals surface area contributed by atoms with E-state index in [4.69, 9.17) is 0 Å². The van der Waals surface area contributed by atoms with Crippen LogP contribution >= 0.6 is 0 Å². The van der Waals surface area contributed by atoms with Crippen LogP contribution in [-0.4, -0.2) is 88.5 Å². The number of rotatable bonds is 12. The van der Waals surface area contributed by atoms with Gasteiger partial charge in [0.2, 0.25) is 17.7 Å². The van der Waals surface area contributed by atoms with Crippen LogP contribution in [0, 0.1) is 17.7 Å². The maximum atomic E-state index is 15.5. The Hall–Kier alpha value is -3.80. The zero-order valence-corrected chi connectivity index (χ0v) is 27.0. The summed E-state index contributed by atoms with van der Waals surface area (Å²) in [6.45, 7) is 8.68. The predicted molar refractivity (Wildman–Crippen MR) is 170 cm³/mol. The van der Waals surface area contributed by atoms with Crippen LogP contribution in [0.3, 0.4) is 0 Å². The molecule has 11 nitrogen and oxygen atoms in total. The summed E-state index contributed by atoms with van der Waals surface area (Å²) in [5.74, 6) is -1.92. The maximum absolute atomic E-state index is 15.5. The molecule has 246 valence electrons. The Bertz CT molecular complexity index is 1330. The number of halogens is 1. The Kier molecular flexibility index (Phi) is 12.1. The molecule has 2 heterocycles. The highest BCUT2D eigenvalue weighted by atomic mass is 19.1. The van der Waals surface area contributed by atoms with Crippen molar-refractivity contribution < 1.29 is 23.6 Å². The van der Waals surface area contributed by atoms with Crippen LogP contribution in [-0.2, 0) is 27.3 Å². The topological polar surface area (TPSA) is 129 Å². The summed E-state index contributed by atoms with van der Waals surface area (Å²) < 4.78 is 17.1. The molecule has 1 aromatic heterocycles. The smallest absolute Gasteiger partial charge is 0.270 e. The first-order valence-electron chi connectivity index (χ1n) is 16.3. The monoisotopic (exact) mass is 625 g/mol. The molecule has 1 aliphatic heterocycles. The zero-order chi connectivity index (χ0) is 32.5. The van der Waals surface area contributed by atoms with Gasteiger partial charge >= 0.3 is 0 Å². The minimum absolute atomic E-state index is 0.0167. The average molecular weight is 626 g/mol. The first kappa shape index (κ1) is 34.1. The van der Waals surface area contributed by atoms with Gasteiger partial charge in [0.15, 0.2) is 0 Å². The molecule has 0 bridgehead atoms. The van der Waals surface area contributed by atoms with E-state index in [2.05, 4.69) is 25.9 Å². The van der Waals surface area contributed by atoms with E-state index < -0.39 is 29.7 Å². The molecular formula is C33H48FN7O4. The molecule has 3 atom stereocenters. The van der Waals surface area contributed by atoms with E-state index in [9.17, 15) is 19.2 Å². The van der Waals surface area contributed by atoms with Crippen LogP contribution in [0.2, 0.25) is 0 Å². The van der Waals surface area contributed by atoms with E-state index in [1.165, 1.54) is 12.1 Å². The predicted octanol–water partition coefficient (Wildman–Crippen LogP) is 3.21. The fraction of sp³-hybridized carbons (Fsp3) is 0.606. The molecule has 1 aromatic carbocycles. The number of nitrogens with zero attached hydrogens (tertiary/aromatic N) is 4. The quantitative estimate of drug-likeness (QED) is 0.333. The Morgan fingerprint density at radius 2 is 1.71 bits per heavy atom. The minimum atomic E-state index is -0.880. The summed E-state index contributed by atoms with van der Waals surface area (Å²) in [4.78, 5) is 56.4. The molecule has 4 amide bonds. The van der Waals surface area contributed by atoms with Crippen LogP contribution in [0.4, 0.5) is 10.1 Å². The van der Waals surface area contributed by atoms with Gasteiger partial charge in [0, 0.05) is 51.8 Å². The molecule has 0 spiro atoms. The Labute approximate surface area is 265 Å². The van der Waals surface area contributed by atoms with Crippen LogP contribution in [0.25, 0.3) is 0 Å². The number of anilines is 1. The van der Waals surface area contributed by atoms with Gasteiger partial charge < -0.3 is 25.8 Å². The lowest BCUT2D eigenvalue weighted by Crippen LogP contribution is -2.54. The van der Waals surface area contributed by atoms with E-state index in [0.29, 0.717) is 30.9 Å². The summed E-state index contributed by atoms with van der Waals surface area (Å²) in [5.41, 5.74) is 0.858. The van der Waals surface area contributed by atoms with Gasteiger partial charge in [0.25, 0.3) is 5.91 Å². The molecule has 2 fully saturated rings. The highest BCUT2D eigenvalue weighted by Gasteiger charge is 2.34. The Morgan fingerprint density at radius 3 is 2.36 bits per heavy atom. The third kappa shape index (κ3) is 8.90. The lowest BCUT2D eigenvalue weighted by atomic mass is 9.77. The maximum Gasteiger partial charge on any atom is 0.270 e. The molecule has 2 aromatic rings. The van der Waals surface area contributed by atoms with Crippen molar-refractivity contribution in [2.24, 2.45) is 11.8 Å². The SMILES string of the molecule is CCC(=O)N[C@H](Cc1ccc(NC(=O)[C@@H](NC(=O)c2ccnn2CC)[C@@H](C)C2CCCCC2)c(F)c1)C(=O)N1CCN(C)CC1. The van der Waals surface area contributed by atoms with E-state index >= 15 is 4.39 Å². The van der Waals surface area contributed by atoms with E-state index in [-0.39, 0.29) is 42.2 Å². The lowest BCUT2D eigenvalue weighted by molar-refractivity contribution is -0.137. The number of benzene rings is 1. The van der Waals surface area contributed by atoms with Gasteiger partial charge in [-0.15, -0.1) is 0 Å². The van der Waals surface area contributed by atoms with Gasteiger partial charge in [-0.25, -0.2) is 4.39 Å². The molecule has 1 saturated heterocycles. The second-order valence-corrected chi connectivity index (χ2v) is 12.4. The molecule has 0 radical (unpaired) electrons. The van der Waals surface area contributed by atoms with Gasteiger partial charge in [0.1, 0.15) is 23.6 Å². The molecule has 1 saturated carbocycles. The normalized spacial score (nSPS) is 18.1. The van der Waals surface area contributed by atoms with Crippen molar-refractivity contribution in [1.29, 1.82) is 0 Å². The number of piperazine rings is 1. The number of nitrogens with one attached hydrogen (secondary N) is 3. The van der Waals surface area contributed by atoms with Crippen LogP contribution in [0.5, 0.6) is 0 Å². The minimum Gasteiger partial charge on any atom is -0.344 e. The van der Waals surface area contributed by atoms with Crippen LogP contribution < -0.4 is 16.0 Å². The third-order valence-electron chi connectivity index (χ3n) is 9.24. The largest absolute Gasteiger partial charge is 0.344 e. The molecule has 45 heavy (non-hydrogen) atoms. The van der Waals surface area contributed by atoms with E-state index in [1.54, 1.807) is 34.8 Å². The van der Waals surface area contributed by atoms with Crippen molar-refractivity contribution in [2.75, 3.05) is 38.5 Å². The highest BCUT2D eigenvalue weighted by molar-refractivity contribution is 6.00. The first-order valence-corrected chi connectivity index (χ1v) is 16.3. The molecule has 1 aliphatic carbocycles. The van der Waals surface area contributed by atoms with Gasteiger partial charge in [-0.2, -0.15) is 5.10 Å². The summed E-state index contributed by atoms with van der Waals surface area (Å²) >= 11 is 0. The number of amides is 4. The average Bonchev–Trinajstić information content (AvgIpc) is 3.54. The number of hydrogen-bond donors (Lipinski definition) is 3. The lowest BCUT2D eigenvalue weighted by Gasteiger charge is -2.35. The summed E-state index contributed by atoms with van der Waals surface area (Å²) in [6.07, 6.45) is 7.14. The fourth-order valence-electron chi connectivity index (χ4n) is 6.34. The number of hydrogen-bond acceptors (Lipinski definition) is 6. The summed E-state index contributed by atoms with van der Waals surface area (Å²) in [6, 6.07) is 4.32. The van der Waals surface area contributed by atoms with E-state index in [0.717, 1.165) is 45.2 Å². The first-order chi connectivity index (χ1) is 21.6. The second kappa shape index (κ2) is 16.0. The number of likely N-dealkylation sites (N-methyl/N-ethyl adjacent to an activating group) is 1. The molecule has 0 unspecified atom stereocenters. The highest BCUT2D eigenvalue weighted by Crippen LogP contribution is 2.32. The standard InChI is InChI=1S/C33H48FN7O4/c1-5-29(42)36-27(33(45)40-18-16-39(4)17-19-40)21-23-12-13-26(25(34)20-23)37-32(44)30(22(3)24-10-8-7-9-11-24)38-31(43)28-14-15-35-41(28)6-2/h12-15,20,22,24,27,30H,5-11,16-19,21H2,1-4H3,(H,36,42)(H,37,44)(H,38,43)/t22-,27+,30-/m0/s1. The van der Waals surface area contributed by atoms with Crippen molar-refractivity contribution in [1.82, 2.24) is 30.2 Å². The molecule has 2 aliphatic rings. The fourth-order valence-corrected chi connectivity index (χ4v) is 6.34. The molecule has 3 N–H and O–H groups in total. The second-order valence-electron chi connectivity index (χ2n) is 12.4. The number of aryl methyl sites for hydroxylation is 1. The number of carbonyl (C=O) groups is 4. The summed E-state index contributed by atoms with van der Waals surface area (Å²) in [5, 5.41) is 12.6. The Balaban J connectivity index is 1.49. The van der Waals surface area contributed by atoms with Crippen molar-refractivity contribution in [3.05, 3.63) is 47.5 Å². The number of aromatic nitrogens is 2.